The van der Waals surface area contributed by atoms with Crippen LogP contribution in [-0.4, -0.2) is 29.1 Å². The summed E-state index contributed by atoms with van der Waals surface area (Å²) in [7, 11) is 0. The van der Waals surface area contributed by atoms with Gasteiger partial charge in [-0.3, -0.25) is 0 Å². The average molecular weight is 208 g/mol. The normalized spacial score (nSPS) is 16.9. The maximum absolute atomic E-state index is 5.82. The molecule has 0 unspecified atom stereocenters. The molecule has 0 saturated carbocycles. The van der Waals surface area contributed by atoms with E-state index in [-0.39, 0.29) is 0 Å². The Hall–Kier alpha value is -1.16. The van der Waals surface area contributed by atoms with Gasteiger partial charge in [0.2, 0.25) is 0 Å². The SMILES string of the molecule is CC.NC1CCN(c2ccncn2)CC1. The molecular weight excluding hydrogens is 188 g/mol. The summed E-state index contributed by atoms with van der Waals surface area (Å²) in [5, 5.41) is 0. The van der Waals surface area contributed by atoms with Gasteiger partial charge in [0, 0.05) is 25.3 Å². The van der Waals surface area contributed by atoms with Crippen LogP contribution in [0.15, 0.2) is 18.6 Å². The van der Waals surface area contributed by atoms with E-state index in [2.05, 4.69) is 14.9 Å². The van der Waals surface area contributed by atoms with Crippen molar-refractivity contribution in [1.29, 1.82) is 0 Å². The van der Waals surface area contributed by atoms with Crippen molar-refractivity contribution >= 4 is 5.82 Å². The van der Waals surface area contributed by atoms with Gasteiger partial charge in [0.15, 0.2) is 0 Å². The third-order valence-corrected chi connectivity index (χ3v) is 2.43. The Labute approximate surface area is 91.5 Å². The van der Waals surface area contributed by atoms with Crippen molar-refractivity contribution in [2.24, 2.45) is 5.73 Å². The second kappa shape index (κ2) is 6.35. The maximum Gasteiger partial charge on any atom is 0.131 e. The van der Waals surface area contributed by atoms with Gasteiger partial charge < -0.3 is 10.6 Å². The molecule has 1 aromatic rings. The molecule has 2 heterocycles. The molecule has 0 atom stereocenters. The molecule has 4 nitrogen and oxygen atoms in total. The summed E-state index contributed by atoms with van der Waals surface area (Å²) in [6, 6.07) is 2.31. The van der Waals surface area contributed by atoms with E-state index in [1.165, 1.54) is 0 Å². The number of hydrogen-bond donors (Lipinski definition) is 1. The van der Waals surface area contributed by atoms with Crippen LogP contribution in [0.3, 0.4) is 0 Å². The Morgan fingerprint density at radius 2 is 2.00 bits per heavy atom. The number of rotatable bonds is 1. The molecule has 1 aromatic heterocycles. The van der Waals surface area contributed by atoms with Gasteiger partial charge in [-0.1, -0.05) is 13.8 Å². The van der Waals surface area contributed by atoms with Crippen molar-refractivity contribution in [3.63, 3.8) is 0 Å². The minimum atomic E-state index is 0.373. The van der Waals surface area contributed by atoms with Gasteiger partial charge in [-0.05, 0) is 18.9 Å². The minimum absolute atomic E-state index is 0.373. The summed E-state index contributed by atoms with van der Waals surface area (Å²) >= 11 is 0. The van der Waals surface area contributed by atoms with Crippen molar-refractivity contribution in [3.05, 3.63) is 18.6 Å². The van der Waals surface area contributed by atoms with Gasteiger partial charge in [-0.25, -0.2) is 9.97 Å². The minimum Gasteiger partial charge on any atom is -0.356 e. The molecule has 1 aliphatic rings. The summed E-state index contributed by atoms with van der Waals surface area (Å²) in [6.07, 6.45) is 5.48. The van der Waals surface area contributed by atoms with E-state index in [0.29, 0.717) is 6.04 Å². The van der Waals surface area contributed by atoms with E-state index in [9.17, 15) is 0 Å². The lowest BCUT2D eigenvalue weighted by Crippen LogP contribution is -2.40. The molecule has 0 aliphatic carbocycles. The third kappa shape index (κ3) is 3.47. The van der Waals surface area contributed by atoms with Crippen LogP contribution in [0.1, 0.15) is 26.7 Å². The molecule has 0 aromatic carbocycles. The second-order valence-electron chi connectivity index (χ2n) is 3.39. The van der Waals surface area contributed by atoms with Gasteiger partial charge in [0.05, 0.1) is 0 Å². The molecule has 0 bridgehead atoms. The lowest BCUT2D eigenvalue weighted by Gasteiger charge is -2.30. The largest absolute Gasteiger partial charge is 0.356 e. The fraction of sp³-hybridized carbons (Fsp3) is 0.636. The molecule has 15 heavy (non-hydrogen) atoms. The first-order chi connectivity index (χ1) is 7.36. The van der Waals surface area contributed by atoms with Crippen LogP contribution in [-0.2, 0) is 0 Å². The highest BCUT2D eigenvalue weighted by atomic mass is 15.2. The van der Waals surface area contributed by atoms with Gasteiger partial charge in [0.25, 0.3) is 0 Å². The molecule has 1 aliphatic heterocycles. The molecule has 1 saturated heterocycles. The zero-order chi connectivity index (χ0) is 11.1. The van der Waals surface area contributed by atoms with Crippen LogP contribution >= 0.6 is 0 Å². The van der Waals surface area contributed by atoms with Gasteiger partial charge >= 0.3 is 0 Å². The van der Waals surface area contributed by atoms with Crippen molar-refractivity contribution in [2.45, 2.75) is 32.7 Å². The van der Waals surface area contributed by atoms with Crippen LogP contribution in [0.2, 0.25) is 0 Å². The molecule has 0 radical (unpaired) electrons. The molecule has 0 spiro atoms. The van der Waals surface area contributed by atoms with E-state index in [4.69, 9.17) is 5.73 Å². The molecule has 2 N–H and O–H groups in total. The van der Waals surface area contributed by atoms with E-state index >= 15 is 0 Å². The van der Waals surface area contributed by atoms with E-state index < -0.39 is 0 Å². The van der Waals surface area contributed by atoms with Crippen LogP contribution in [0.4, 0.5) is 5.82 Å². The summed E-state index contributed by atoms with van der Waals surface area (Å²) in [6.45, 7) is 6.02. The van der Waals surface area contributed by atoms with Crippen molar-refractivity contribution < 1.29 is 0 Å². The summed E-state index contributed by atoms with van der Waals surface area (Å²) < 4.78 is 0. The highest BCUT2D eigenvalue weighted by molar-refractivity contribution is 5.36. The molecule has 4 heteroatoms. The quantitative estimate of drug-likeness (QED) is 0.758. The highest BCUT2D eigenvalue weighted by Crippen LogP contribution is 2.15. The van der Waals surface area contributed by atoms with Crippen LogP contribution in [0, 0.1) is 0 Å². The fourth-order valence-electron chi connectivity index (χ4n) is 1.60. The fourth-order valence-corrected chi connectivity index (χ4v) is 1.60. The van der Waals surface area contributed by atoms with Gasteiger partial charge in [0.1, 0.15) is 12.1 Å². The van der Waals surface area contributed by atoms with Crippen molar-refractivity contribution in [1.82, 2.24) is 9.97 Å². The number of piperidine rings is 1. The number of hydrogen-bond acceptors (Lipinski definition) is 4. The second-order valence-corrected chi connectivity index (χ2v) is 3.39. The molecule has 0 amide bonds. The van der Waals surface area contributed by atoms with Gasteiger partial charge in [-0.2, -0.15) is 0 Å². The summed E-state index contributed by atoms with van der Waals surface area (Å²) in [5.41, 5.74) is 5.82. The van der Waals surface area contributed by atoms with E-state index in [1.54, 1.807) is 12.5 Å². The first-order valence-electron chi connectivity index (χ1n) is 5.63. The van der Waals surface area contributed by atoms with Crippen LogP contribution in [0.5, 0.6) is 0 Å². The number of nitrogens with two attached hydrogens (primary N) is 1. The number of nitrogens with zero attached hydrogens (tertiary/aromatic N) is 3. The van der Waals surface area contributed by atoms with Crippen molar-refractivity contribution in [2.75, 3.05) is 18.0 Å². The predicted octanol–water partition coefficient (Wildman–Crippen LogP) is 1.43. The lowest BCUT2D eigenvalue weighted by atomic mass is 10.1. The monoisotopic (exact) mass is 208 g/mol. The number of anilines is 1. The standard InChI is InChI=1S/C9H14N4.C2H6/c10-8-2-5-13(6-3-8)9-1-4-11-7-12-9;1-2/h1,4,7-8H,2-3,5-6,10H2;1-2H3. The van der Waals surface area contributed by atoms with Crippen LogP contribution in [0.25, 0.3) is 0 Å². The Balaban J connectivity index is 0.000000531. The molecule has 1 fully saturated rings. The third-order valence-electron chi connectivity index (χ3n) is 2.43. The summed E-state index contributed by atoms with van der Waals surface area (Å²) in [5.74, 6) is 1.02. The van der Waals surface area contributed by atoms with E-state index in [0.717, 1.165) is 31.7 Å². The zero-order valence-electron chi connectivity index (χ0n) is 9.56. The topological polar surface area (TPSA) is 55.0 Å². The lowest BCUT2D eigenvalue weighted by molar-refractivity contribution is 0.498. The van der Waals surface area contributed by atoms with E-state index in [1.807, 2.05) is 19.9 Å². The van der Waals surface area contributed by atoms with Gasteiger partial charge in [-0.15, -0.1) is 0 Å². The van der Waals surface area contributed by atoms with Crippen molar-refractivity contribution in [3.8, 4) is 0 Å². The Morgan fingerprint density at radius 3 is 2.53 bits per heavy atom. The highest BCUT2D eigenvalue weighted by Gasteiger charge is 2.16. The van der Waals surface area contributed by atoms with Crippen LogP contribution < -0.4 is 10.6 Å². The Kier molecular flexibility index (Phi) is 5.04. The number of aromatic nitrogens is 2. The Bertz CT molecular complexity index is 255. The molecule has 2 rings (SSSR count). The molecule has 84 valence electrons. The molecular formula is C11H20N4. The smallest absolute Gasteiger partial charge is 0.131 e. The first kappa shape index (κ1) is 11.9. The summed E-state index contributed by atoms with van der Waals surface area (Å²) in [4.78, 5) is 10.3. The Morgan fingerprint density at radius 1 is 1.33 bits per heavy atom. The first-order valence-corrected chi connectivity index (χ1v) is 5.63. The zero-order valence-corrected chi connectivity index (χ0v) is 9.56. The average Bonchev–Trinajstić information content (AvgIpc) is 2.34. The maximum atomic E-state index is 5.82. The predicted molar refractivity (Wildman–Crippen MR) is 62.8 cm³/mol.